The van der Waals surface area contributed by atoms with Crippen LogP contribution in [0.4, 0.5) is 23.1 Å². The van der Waals surface area contributed by atoms with E-state index < -0.39 is 42.2 Å². The second-order valence-corrected chi connectivity index (χ2v) is 14.6. The smallest absolute Gasteiger partial charge is 0.266 e. The molecule has 3 aromatic rings. The van der Waals surface area contributed by atoms with Gasteiger partial charge in [-0.1, -0.05) is 18.9 Å². The lowest BCUT2D eigenvalue weighted by Gasteiger charge is -2.42. The fraction of sp³-hybridized carbons (Fsp3) is 0.425. The second kappa shape index (κ2) is 16.9. The van der Waals surface area contributed by atoms with Crippen LogP contribution in [0.3, 0.4) is 0 Å². The van der Waals surface area contributed by atoms with Gasteiger partial charge in [-0.3, -0.25) is 43.8 Å². The molecular weight excluding hydrogens is 750 g/mol. The third-order valence-corrected chi connectivity index (χ3v) is 10.9. The number of unbranched alkanes of at least 4 members (excludes halogenated alkanes) is 1. The number of nitrogens with one attached hydrogen (secondary N) is 4. The van der Waals surface area contributed by atoms with Gasteiger partial charge in [-0.05, 0) is 69.4 Å². The van der Waals surface area contributed by atoms with E-state index in [0.717, 1.165) is 30.6 Å². The molecular formula is C40H45N9O9. The Bertz CT molecular complexity index is 2170. The molecule has 4 N–H and O–H groups in total. The summed E-state index contributed by atoms with van der Waals surface area (Å²) in [4.78, 5) is 103. The number of fused-ring (bicyclic) bond motifs is 2. The summed E-state index contributed by atoms with van der Waals surface area (Å²) in [6.45, 7) is 2.14. The third kappa shape index (κ3) is 7.86. The molecule has 2 fully saturated rings. The summed E-state index contributed by atoms with van der Waals surface area (Å²) < 4.78 is 11.2. The highest BCUT2D eigenvalue weighted by Gasteiger charge is 2.46. The van der Waals surface area contributed by atoms with Crippen LogP contribution in [-0.4, -0.2) is 108 Å². The van der Waals surface area contributed by atoms with Crippen LogP contribution in [0.1, 0.15) is 89.4 Å². The second-order valence-electron chi connectivity index (χ2n) is 14.6. The minimum atomic E-state index is -1.12. The molecule has 2 atom stereocenters. The van der Waals surface area contributed by atoms with Gasteiger partial charge in [-0.2, -0.15) is 4.98 Å². The van der Waals surface area contributed by atoms with Crippen LogP contribution < -0.4 is 40.5 Å². The van der Waals surface area contributed by atoms with E-state index in [-0.39, 0.29) is 53.6 Å². The van der Waals surface area contributed by atoms with Gasteiger partial charge < -0.3 is 35.2 Å². The van der Waals surface area contributed by atoms with E-state index in [1.54, 1.807) is 36.3 Å². The maximum absolute atomic E-state index is 13.2. The minimum Gasteiger partial charge on any atom is -0.495 e. The molecule has 2 aromatic carbocycles. The van der Waals surface area contributed by atoms with Crippen LogP contribution in [0.15, 0.2) is 42.6 Å². The SMILES string of the molecule is COc1cc(C(=O)NCCCCNC(=O)COc2cccc3c2C(=O)N(C2CCC(=O)NC2=O)C3=O)ccc1Nc1ncc2c(n1)N(C1CCCC1)[C@H](C)C(=O)N2C. The molecule has 18 nitrogen and oxygen atoms in total. The van der Waals surface area contributed by atoms with Gasteiger partial charge in [0.05, 0.1) is 30.1 Å². The van der Waals surface area contributed by atoms with Crippen molar-refractivity contribution in [1.29, 1.82) is 0 Å². The maximum Gasteiger partial charge on any atom is 0.266 e. The van der Waals surface area contributed by atoms with Crippen molar-refractivity contribution in [2.45, 2.75) is 76.4 Å². The molecule has 304 valence electrons. The van der Waals surface area contributed by atoms with Crippen LogP contribution >= 0.6 is 0 Å². The Balaban J connectivity index is 0.865. The normalized spacial score (nSPS) is 19.2. The van der Waals surface area contributed by atoms with Crippen LogP contribution in [0.25, 0.3) is 0 Å². The van der Waals surface area contributed by atoms with Gasteiger partial charge in [0.15, 0.2) is 12.4 Å². The highest BCUT2D eigenvalue weighted by molar-refractivity contribution is 6.24. The average molecular weight is 796 g/mol. The molecule has 18 heteroatoms. The van der Waals surface area contributed by atoms with Crippen molar-refractivity contribution in [2.75, 3.05) is 49.0 Å². The molecule has 7 rings (SSSR count). The fourth-order valence-corrected chi connectivity index (χ4v) is 7.86. The van der Waals surface area contributed by atoms with Crippen molar-refractivity contribution in [3.8, 4) is 11.5 Å². The van der Waals surface area contributed by atoms with Gasteiger partial charge in [0.25, 0.3) is 23.6 Å². The number of imide groups is 2. The standard InChI is InChI=1S/C40H45N9O9/c1-22-37(54)47(2)28-20-43-40(46-34(28)48(22)24-9-4-5-10-24)44-26-14-13-23(19-30(26)57-3)35(52)42-18-7-6-17-41-32(51)21-58-29-12-8-11-25-33(29)39(56)49(38(25)55)27-15-16-31(50)45-36(27)53/h8,11-14,19-20,22,24,27H,4-7,9-10,15-18,21H2,1-3H3,(H,41,51)(H,42,52)(H,43,44,46)(H,45,50,53)/t22-,27?/m1/s1. The van der Waals surface area contributed by atoms with Crippen LogP contribution in [0.2, 0.25) is 0 Å². The number of hydrogen-bond donors (Lipinski definition) is 4. The van der Waals surface area contributed by atoms with E-state index in [1.807, 2.05) is 6.92 Å². The number of hydrogen-bond acceptors (Lipinski definition) is 13. The molecule has 1 aromatic heterocycles. The van der Waals surface area contributed by atoms with Gasteiger partial charge in [-0.15, -0.1) is 0 Å². The molecule has 58 heavy (non-hydrogen) atoms. The lowest BCUT2D eigenvalue weighted by molar-refractivity contribution is -0.136. The Morgan fingerprint density at radius 2 is 1.71 bits per heavy atom. The first kappa shape index (κ1) is 39.6. The number of amides is 7. The van der Waals surface area contributed by atoms with Crippen LogP contribution in [-0.2, 0) is 19.2 Å². The molecule has 3 aliphatic heterocycles. The summed E-state index contributed by atoms with van der Waals surface area (Å²) in [6, 6.07) is 8.19. The molecule has 0 radical (unpaired) electrons. The Morgan fingerprint density at radius 3 is 2.45 bits per heavy atom. The van der Waals surface area contributed by atoms with Gasteiger partial charge in [0.2, 0.25) is 23.7 Å². The highest BCUT2D eigenvalue weighted by Crippen LogP contribution is 2.40. The number of carbonyl (C=O) groups excluding carboxylic acids is 7. The largest absolute Gasteiger partial charge is 0.495 e. The summed E-state index contributed by atoms with van der Waals surface area (Å²) in [5.74, 6) is -1.86. The van der Waals surface area contributed by atoms with Crippen LogP contribution in [0, 0.1) is 0 Å². The number of piperidine rings is 1. The van der Waals surface area contributed by atoms with E-state index in [0.29, 0.717) is 60.4 Å². The van der Waals surface area contributed by atoms with E-state index in [4.69, 9.17) is 14.5 Å². The number of nitrogens with zero attached hydrogens (tertiary/aromatic N) is 5. The summed E-state index contributed by atoms with van der Waals surface area (Å²) in [6.07, 6.45) is 7.01. The first-order valence-electron chi connectivity index (χ1n) is 19.4. The summed E-state index contributed by atoms with van der Waals surface area (Å²) >= 11 is 0. The lowest BCUT2D eigenvalue weighted by Crippen LogP contribution is -2.54. The van der Waals surface area contributed by atoms with Gasteiger partial charge in [-0.25, -0.2) is 4.98 Å². The van der Waals surface area contributed by atoms with E-state index in [2.05, 4.69) is 31.2 Å². The number of benzene rings is 2. The number of rotatable bonds is 14. The number of ether oxygens (including phenoxy) is 2. The minimum absolute atomic E-state index is 0.00131. The van der Waals surface area contributed by atoms with Gasteiger partial charge in [0.1, 0.15) is 29.3 Å². The predicted molar refractivity (Wildman–Crippen MR) is 209 cm³/mol. The van der Waals surface area contributed by atoms with Crippen molar-refractivity contribution in [3.05, 3.63) is 59.3 Å². The quantitative estimate of drug-likeness (QED) is 0.136. The first-order chi connectivity index (χ1) is 28.0. The Morgan fingerprint density at radius 1 is 0.948 bits per heavy atom. The fourth-order valence-electron chi connectivity index (χ4n) is 7.86. The topological polar surface area (TPSA) is 222 Å². The predicted octanol–water partition coefficient (Wildman–Crippen LogP) is 2.45. The van der Waals surface area contributed by atoms with Crippen LogP contribution in [0.5, 0.6) is 11.5 Å². The Kier molecular flexibility index (Phi) is 11.5. The third-order valence-electron chi connectivity index (χ3n) is 10.9. The van der Waals surface area contributed by atoms with E-state index in [1.165, 1.54) is 25.3 Å². The van der Waals surface area contributed by atoms with E-state index >= 15 is 0 Å². The summed E-state index contributed by atoms with van der Waals surface area (Å²) in [5, 5.41) is 11.0. The molecule has 7 amide bonds. The summed E-state index contributed by atoms with van der Waals surface area (Å²) in [5.41, 5.74) is 1.61. The molecule has 0 spiro atoms. The molecule has 4 aliphatic rings. The van der Waals surface area contributed by atoms with Crippen molar-refractivity contribution in [1.82, 2.24) is 30.8 Å². The zero-order valence-electron chi connectivity index (χ0n) is 32.5. The number of carbonyl (C=O) groups is 7. The van der Waals surface area contributed by atoms with Crippen molar-refractivity contribution < 1.29 is 43.0 Å². The molecule has 4 heterocycles. The zero-order chi connectivity index (χ0) is 41.1. The average Bonchev–Trinajstić information content (AvgIpc) is 3.84. The lowest BCUT2D eigenvalue weighted by atomic mass is 10.0. The Labute approximate surface area is 334 Å². The summed E-state index contributed by atoms with van der Waals surface area (Å²) in [7, 11) is 3.24. The zero-order valence-corrected chi connectivity index (χ0v) is 32.5. The molecule has 0 bridgehead atoms. The highest BCUT2D eigenvalue weighted by atomic mass is 16.5. The maximum atomic E-state index is 13.2. The molecule has 1 unspecified atom stereocenters. The molecule has 1 saturated carbocycles. The Hall–Kier alpha value is -6.59. The number of methoxy groups -OCH3 is 1. The number of anilines is 4. The first-order valence-corrected chi connectivity index (χ1v) is 19.4. The van der Waals surface area contributed by atoms with Gasteiger partial charge >= 0.3 is 0 Å². The van der Waals surface area contributed by atoms with Gasteiger partial charge in [0, 0.05) is 38.2 Å². The van der Waals surface area contributed by atoms with Crippen molar-refractivity contribution in [2.24, 2.45) is 0 Å². The monoisotopic (exact) mass is 795 g/mol. The van der Waals surface area contributed by atoms with E-state index in [9.17, 15) is 33.6 Å². The molecule has 1 aliphatic carbocycles. The number of likely N-dealkylation sites (N-methyl/N-ethyl adjacent to an activating group) is 1. The number of aromatic nitrogens is 2. The van der Waals surface area contributed by atoms with Crippen molar-refractivity contribution >= 4 is 64.5 Å². The van der Waals surface area contributed by atoms with Crippen molar-refractivity contribution in [3.63, 3.8) is 0 Å². The molecule has 1 saturated heterocycles.